The van der Waals surface area contributed by atoms with Crippen molar-refractivity contribution in [2.75, 3.05) is 17.7 Å². The molecule has 1 aromatic rings. The Morgan fingerprint density at radius 3 is 2.43 bits per heavy atom. The van der Waals surface area contributed by atoms with Crippen LogP contribution in [0.5, 0.6) is 0 Å². The lowest BCUT2D eigenvalue weighted by atomic mass is 10.0. The summed E-state index contributed by atoms with van der Waals surface area (Å²) >= 11 is 0. The molecule has 0 radical (unpaired) electrons. The van der Waals surface area contributed by atoms with E-state index in [9.17, 15) is 8.42 Å². The molecule has 0 heterocycles. The molecule has 0 amide bonds. The summed E-state index contributed by atoms with van der Waals surface area (Å²) in [6.45, 7) is 1.87. The number of rotatable bonds is 3. The van der Waals surface area contributed by atoms with Gasteiger partial charge in [-0.1, -0.05) is 25.1 Å². The summed E-state index contributed by atoms with van der Waals surface area (Å²) in [5.41, 5.74) is 7.30. The number of hydrogen-bond donors (Lipinski definition) is 1. The van der Waals surface area contributed by atoms with E-state index >= 15 is 0 Å². The largest absolute Gasteiger partial charge is 0.398 e. The molecule has 0 aliphatic heterocycles. The minimum atomic E-state index is -2.94. The predicted octanol–water partition coefficient (Wildman–Crippen LogP) is 1.42. The van der Waals surface area contributed by atoms with E-state index in [1.807, 2.05) is 25.1 Å². The Kier molecular flexibility index (Phi) is 3.16. The Morgan fingerprint density at radius 2 is 1.93 bits per heavy atom. The number of hydrogen-bond acceptors (Lipinski definition) is 3. The number of para-hydroxylation sites is 1. The zero-order valence-corrected chi connectivity index (χ0v) is 9.21. The van der Waals surface area contributed by atoms with Crippen LogP contribution >= 0.6 is 0 Å². The Labute approximate surface area is 84.9 Å². The zero-order chi connectivity index (χ0) is 10.8. The molecule has 0 aliphatic carbocycles. The summed E-state index contributed by atoms with van der Waals surface area (Å²) in [4.78, 5) is 0. The van der Waals surface area contributed by atoms with Gasteiger partial charge in [-0.15, -0.1) is 0 Å². The SMILES string of the molecule is CC(CS(C)(=O)=O)c1ccccc1N. The fourth-order valence-electron chi connectivity index (χ4n) is 1.50. The van der Waals surface area contributed by atoms with Gasteiger partial charge in [0.15, 0.2) is 0 Å². The van der Waals surface area contributed by atoms with Crippen molar-refractivity contribution >= 4 is 15.5 Å². The molecule has 1 unspecified atom stereocenters. The molecule has 0 spiro atoms. The third-order valence-electron chi connectivity index (χ3n) is 2.08. The van der Waals surface area contributed by atoms with Crippen LogP contribution in [0.2, 0.25) is 0 Å². The second kappa shape index (κ2) is 4.00. The van der Waals surface area contributed by atoms with Crippen LogP contribution in [0, 0.1) is 0 Å². The van der Waals surface area contributed by atoms with Crippen LogP contribution in [0.15, 0.2) is 24.3 Å². The minimum Gasteiger partial charge on any atom is -0.398 e. The van der Waals surface area contributed by atoms with Crippen molar-refractivity contribution in [3.05, 3.63) is 29.8 Å². The molecule has 1 aromatic carbocycles. The van der Waals surface area contributed by atoms with Crippen LogP contribution in [-0.2, 0) is 9.84 Å². The summed E-state index contributed by atoms with van der Waals surface area (Å²) < 4.78 is 22.2. The fraction of sp³-hybridized carbons (Fsp3) is 0.400. The van der Waals surface area contributed by atoms with Crippen molar-refractivity contribution in [3.63, 3.8) is 0 Å². The molecule has 2 N–H and O–H groups in total. The fourth-order valence-corrected chi connectivity index (χ4v) is 2.59. The Bertz CT molecular complexity index is 412. The first-order chi connectivity index (χ1) is 6.40. The minimum absolute atomic E-state index is 0.0498. The van der Waals surface area contributed by atoms with Crippen molar-refractivity contribution in [1.29, 1.82) is 0 Å². The first kappa shape index (κ1) is 11.0. The highest BCUT2D eigenvalue weighted by Crippen LogP contribution is 2.22. The van der Waals surface area contributed by atoms with Crippen LogP contribution in [0.25, 0.3) is 0 Å². The summed E-state index contributed by atoms with van der Waals surface area (Å²) in [5, 5.41) is 0. The number of anilines is 1. The Balaban J connectivity index is 2.90. The van der Waals surface area contributed by atoms with Crippen molar-refractivity contribution in [3.8, 4) is 0 Å². The predicted molar refractivity (Wildman–Crippen MR) is 59.0 cm³/mol. The molecule has 4 heteroatoms. The van der Waals surface area contributed by atoms with E-state index in [1.54, 1.807) is 6.07 Å². The van der Waals surface area contributed by atoms with Gasteiger partial charge in [-0.3, -0.25) is 0 Å². The van der Waals surface area contributed by atoms with E-state index < -0.39 is 9.84 Å². The number of nitrogens with two attached hydrogens (primary N) is 1. The molecular formula is C10H15NO2S. The molecule has 3 nitrogen and oxygen atoms in total. The second-order valence-corrected chi connectivity index (χ2v) is 5.81. The zero-order valence-electron chi connectivity index (χ0n) is 8.40. The van der Waals surface area contributed by atoms with E-state index in [1.165, 1.54) is 6.26 Å². The average molecular weight is 213 g/mol. The lowest BCUT2D eigenvalue weighted by Gasteiger charge is -2.12. The van der Waals surface area contributed by atoms with Crippen LogP contribution < -0.4 is 5.73 Å². The van der Waals surface area contributed by atoms with E-state index in [4.69, 9.17) is 5.73 Å². The maximum atomic E-state index is 11.1. The van der Waals surface area contributed by atoms with Crippen LogP contribution in [0.4, 0.5) is 5.69 Å². The van der Waals surface area contributed by atoms with Gasteiger partial charge in [0.2, 0.25) is 0 Å². The van der Waals surface area contributed by atoms with Crippen LogP contribution in [-0.4, -0.2) is 20.4 Å². The van der Waals surface area contributed by atoms with Crippen molar-refractivity contribution in [2.24, 2.45) is 0 Å². The van der Waals surface area contributed by atoms with Gasteiger partial charge in [0.05, 0.1) is 5.75 Å². The van der Waals surface area contributed by atoms with E-state index in [0.29, 0.717) is 5.69 Å². The summed E-state index contributed by atoms with van der Waals surface area (Å²) in [7, 11) is -2.94. The Morgan fingerprint density at radius 1 is 1.36 bits per heavy atom. The average Bonchev–Trinajstić information content (AvgIpc) is 2.01. The van der Waals surface area contributed by atoms with Crippen molar-refractivity contribution in [2.45, 2.75) is 12.8 Å². The van der Waals surface area contributed by atoms with Gasteiger partial charge in [0.25, 0.3) is 0 Å². The highest BCUT2D eigenvalue weighted by atomic mass is 32.2. The molecular weight excluding hydrogens is 198 g/mol. The molecule has 0 aliphatic rings. The van der Waals surface area contributed by atoms with Gasteiger partial charge in [-0.25, -0.2) is 8.42 Å². The summed E-state index contributed by atoms with van der Waals surface area (Å²) in [5.74, 6) is 0.0903. The van der Waals surface area contributed by atoms with Gasteiger partial charge >= 0.3 is 0 Å². The maximum absolute atomic E-state index is 11.1. The number of benzene rings is 1. The highest BCUT2D eigenvalue weighted by molar-refractivity contribution is 7.90. The molecule has 0 saturated carbocycles. The van der Waals surface area contributed by atoms with Gasteiger partial charge in [-0.05, 0) is 17.5 Å². The van der Waals surface area contributed by atoms with Gasteiger partial charge in [0, 0.05) is 11.9 Å². The van der Waals surface area contributed by atoms with Crippen molar-refractivity contribution < 1.29 is 8.42 Å². The monoisotopic (exact) mass is 213 g/mol. The lowest BCUT2D eigenvalue weighted by Crippen LogP contribution is -2.11. The standard InChI is InChI=1S/C10H15NO2S/c1-8(7-14(2,12)13)9-5-3-4-6-10(9)11/h3-6,8H,7,11H2,1-2H3. The number of sulfone groups is 1. The maximum Gasteiger partial charge on any atom is 0.148 e. The molecule has 14 heavy (non-hydrogen) atoms. The Hall–Kier alpha value is -1.03. The van der Waals surface area contributed by atoms with Crippen molar-refractivity contribution in [1.82, 2.24) is 0 Å². The quantitative estimate of drug-likeness (QED) is 0.772. The molecule has 0 bridgehead atoms. The molecule has 0 aromatic heterocycles. The molecule has 78 valence electrons. The lowest BCUT2D eigenvalue weighted by molar-refractivity contribution is 0.596. The third kappa shape index (κ3) is 3.03. The van der Waals surface area contributed by atoms with E-state index in [0.717, 1.165) is 5.56 Å². The highest BCUT2D eigenvalue weighted by Gasteiger charge is 2.14. The number of nitrogen functional groups attached to an aromatic ring is 1. The van der Waals surface area contributed by atoms with E-state index in [-0.39, 0.29) is 11.7 Å². The first-order valence-electron chi connectivity index (χ1n) is 4.42. The molecule has 0 saturated heterocycles. The van der Waals surface area contributed by atoms with Gasteiger partial charge < -0.3 is 5.73 Å². The van der Waals surface area contributed by atoms with Gasteiger partial charge in [0.1, 0.15) is 9.84 Å². The second-order valence-electron chi connectivity index (χ2n) is 3.62. The van der Waals surface area contributed by atoms with Gasteiger partial charge in [-0.2, -0.15) is 0 Å². The first-order valence-corrected chi connectivity index (χ1v) is 6.48. The van der Waals surface area contributed by atoms with Crippen LogP contribution in [0.1, 0.15) is 18.4 Å². The molecule has 0 fully saturated rings. The molecule has 1 atom stereocenters. The smallest absolute Gasteiger partial charge is 0.148 e. The van der Waals surface area contributed by atoms with E-state index in [2.05, 4.69) is 0 Å². The summed E-state index contributed by atoms with van der Waals surface area (Å²) in [6, 6.07) is 7.36. The third-order valence-corrected chi connectivity index (χ3v) is 3.19. The topological polar surface area (TPSA) is 60.2 Å². The van der Waals surface area contributed by atoms with Crippen LogP contribution in [0.3, 0.4) is 0 Å². The summed E-state index contributed by atoms with van der Waals surface area (Å²) in [6.07, 6.45) is 1.24. The molecule has 1 rings (SSSR count). The normalized spacial score (nSPS) is 13.9.